The van der Waals surface area contributed by atoms with Gasteiger partial charge in [0.05, 0.1) is 11.7 Å². The fourth-order valence-corrected chi connectivity index (χ4v) is 4.13. The van der Waals surface area contributed by atoms with Crippen molar-refractivity contribution in [3.05, 3.63) is 98.4 Å². The SMILES string of the molecule is O=C(NCCS(=O)(=O)O)c1ccc(CC(C(=O)Nc2ccc(Br)cc2)c2ccc(Br)cc2)cc1. The number of amides is 2. The van der Waals surface area contributed by atoms with E-state index in [-0.39, 0.29) is 12.5 Å². The van der Waals surface area contributed by atoms with Gasteiger partial charge in [-0.3, -0.25) is 14.1 Å². The van der Waals surface area contributed by atoms with Gasteiger partial charge in [0.1, 0.15) is 0 Å². The number of rotatable bonds is 9. The van der Waals surface area contributed by atoms with Gasteiger partial charge in [-0.05, 0) is 66.1 Å². The molecule has 0 spiro atoms. The minimum atomic E-state index is -4.14. The molecule has 0 aromatic heterocycles. The van der Waals surface area contributed by atoms with Gasteiger partial charge in [-0.15, -0.1) is 0 Å². The third kappa shape index (κ3) is 8.05. The Morgan fingerprint density at radius 2 is 1.41 bits per heavy atom. The Labute approximate surface area is 215 Å². The van der Waals surface area contributed by atoms with E-state index in [4.69, 9.17) is 4.55 Å². The first-order valence-electron chi connectivity index (χ1n) is 10.2. The number of carbonyl (C=O) groups is 2. The Kier molecular flexibility index (Phi) is 9.01. The first kappa shape index (κ1) is 26.1. The average molecular weight is 610 g/mol. The molecular weight excluding hydrogens is 588 g/mol. The molecule has 0 heterocycles. The molecule has 0 fully saturated rings. The van der Waals surface area contributed by atoms with E-state index in [1.54, 1.807) is 24.3 Å². The lowest BCUT2D eigenvalue weighted by Gasteiger charge is -2.18. The third-order valence-corrected chi connectivity index (χ3v) is 6.78. The van der Waals surface area contributed by atoms with Gasteiger partial charge in [0.15, 0.2) is 0 Å². The molecule has 34 heavy (non-hydrogen) atoms. The maximum atomic E-state index is 13.2. The van der Waals surface area contributed by atoms with Crippen LogP contribution in [0.3, 0.4) is 0 Å². The number of benzene rings is 3. The van der Waals surface area contributed by atoms with Crippen LogP contribution in [-0.4, -0.2) is 37.1 Å². The lowest BCUT2D eigenvalue weighted by molar-refractivity contribution is -0.117. The molecule has 0 saturated heterocycles. The lowest BCUT2D eigenvalue weighted by atomic mass is 9.90. The van der Waals surface area contributed by atoms with Crippen molar-refractivity contribution < 1.29 is 22.6 Å². The molecule has 3 rings (SSSR count). The summed E-state index contributed by atoms with van der Waals surface area (Å²) >= 11 is 6.80. The molecular formula is C24H22Br2N2O5S. The van der Waals surface area contributed by atoms with E-state index >= 15 is 0 Å². The van der Waals surface area contributed by atoms with E-state index in [2.05, 4.69) is 42.5 Å². The average Bonchev–Trinajstić information content (AvgIpc) is 2.79. The Hall–Kier alpha value is -2.53. The van der Waals surface area contributed by atoms with Crippen LogP contribution in [-0.2, 0) is 21.3 Å². The van der Waals surface area contributed by atoms with Crippen LogP contribution in [0.5, 0.6) is 0 Å². The summed E-state index contributed by atoms with van der Waals surface area (Å²) in [6, 6.07) is 21.6. The quantitative estimate of drug-likeness (QED) is 0.302. The normalized spacial score (nSPS) is 12.1. The van der Waals surface area contributed by atoms with E-state index in [9.17, 15) is 18.0 Å². The Morgan fingerprint density at radius 3 is 1.97 bits per heavy atom. The maximum Gasteiger partial charge on any atom is 0.266 e. The van der Waals surface area contributed by atoms with E-state index in [0.29, 0.717) is 17.7 Å². The molecule has 1 atom stereocenters. The summed E-state index contributed by atoms with van der Waals surface area (Å²) in [6.45, 7) is -0.193. The van der Waals surface area contributed by atoms with Gasteiger partial charge in [0, 0.05) is 26.7 Å². The molecule has 0 aliphatic carbocycles. The first-order valence-corrected chi connectivity index (χ1v) is 13.4. The second kappa shape index (κ2) is 11.7. The molecule has 1 unspecified atom stereocenters. The van der Waals surface area contributed by atoms with E-state index < -0.39 is 27.7 Å². The highest BCUT2D eigenvalue weighted by molar-refractivity contribution is 9.10. The monoisotopic (exact) mass is 608 g/mol. The summed E-state index contributed by atoms with van der Waals surface area (Å²) in [4.78, 5) is 25.4. The maximum absolute atomic E-state index is 13.2. The number of nitrogens with one attached hydrogen (secondary N) is 2. The molecule has 0 saturated carbocycles. The van der Waals surface area contributed by atoms with Crippen LogP contribution < -0.4 is 10.6 Å². The lowest BCUT2D eigenvalue weighted by Crippen LogP contribution is -2.28. The van der Waals surface area contributed by atoms with Gasteiger partial charge >= 0.3 is 0 Å². The minimum Gasteiger partial charge on any atom is -0.351 e. The standard InChI is InChI=1S/C24H22Br2N2O5S/c25-19-7-5-17(6-8-19)22(24(30)28-21-11-9-20(26)10-12-21)15-16-1-3-18(4-2-16)23(29)27-13-14-34(31,32)33/h1-12,22H,13-15H2,(H,27,29)(H,28,30)(H,31,32,33). The molecule has 3 aromatic rings. The van der Waals surface area contributed by atoms with E-state index in [1.807, 2.05) is 48.5 Å². The Bertz CT molecular complexity index is 1250. The molecule has 3 N–H and O–H groups in total. The Balaban J connectivity index is 1.74. The van der Waals surface area contributed by atoms with Crippen LogP contribution in [0.1, 0.15) is 27.4 Å². The summed E-state index contributed by atoms with van der Waals surface area (Å²) in [5.74, 6) is -1.63. The van der Waals surface area contributed by atoms with E-state index in [0.717, 1.165) is 20.1 Å². The second-order valence-corrected chi connectivity index (χ2v) is 10.9. The zero-order valence-corrected chi connectivity index (χ0v) is 21.9. The van der Waals surface area contributed by atoms with Crippen LogP contribution in [0.4, 0.5) is 5.69 Å². The topological polar surface area (TPSA) is 113 Å². The van der Waals surface area contributed by atoms with Crippen molar-refractivity contribution in [1.82, 2.24) is 5.32 Å². The van der Waals surface area contributed by atoms with Crippen molar-refractivity contribution in [2.24, 2.45) is 0 Å². The van der Waals surface area contributed by atoms with Crippen molar-refractivity contribution in [2.75, 3.05) is 17.6 Å². The predicted octanol–water partition coefficient (Wildman–Crippen LogP) is 4.79. The number of hydrogen-bond acceptors (Lipinski definition) is 4. The molecule has 10 heteroatoms. The van der Waals surface area contributed by atoms with Gasteiger partial charge in [-0.2, -0.15) is 8.42 Å². The van der Waals surface area contributed by atoms with Gasteiger partial charge in [0.2, 0.25) is 5.91 Å². The largest absolute Gasteiger partial charge is 0.351 e. The number of carbonyl (C=O) groups excluding carboxylic acids is 2. The van der Waals surface area contributed by atoms with Gasteiger partial charge in [-0.1, -0.05) is 56.1 Å². The highest BCUT2D eigenvalue weighted by Gasteiger charge is 2.22. The summed E-state index contributed by atoms with van der Waals surface area (Å²) in [5, 5.41) is 5.41. The third-order valence-electron chi connectivity index (χ3n) is 5.00. The van der Waals surface area contributed by atoms with Crippen molar-refractivity contribution in [3.8, 4) is 0 Å². The number of anilines is 1. The van der Waals surface area contributed by atoms with Crippen molar-refractivity contribution in [2.45, 2.75) is 12.3 Å². The van der Waals surface area contributed by atoms with Crippen LogP contribution in [0.2, 0.25) is 0 Å². The molecule has 0 aliphatic rings. The van der Waals surface area contributed by atoms with Crippen LogP contribution >= 0.6 is 31.9 Å². The predicted molar refractivity (Wildman–Crippen MR) is 139 cm³/mol. The van der Waals surface area contributed by atoms with Gasteiger partial charge in [-0.25, -0.2) is 0 Å². The smallest absolute Gasteiger partial charge is 0.266 e. The molecule has 3 aromatic carbocycles. The molecule has 0 bridgehead atoms. The van der Waals surface area contributed by atoms with E-state index in [1.165, 1.54) is 0 Å². The van der Waals surface area contributed by atoms with Crippen LogP contribution in [0.15, 0.2) is 81.7 Å². The number of hydrogen-bond donors (Lipinski definition) is 3. The molecule has 7 nitrogen and oxygen atoms in total. The zero-order chi connectivity index (χ0) is 24.7. The van der Waals surface area contributed by atoms with Crippen LogP contribution in [0, 0.1) is 0 Å². The minimum absolute atomic E-state index is 0.156. The van der Waals surface area contributed by atoms with Crippen molar-refractivity contribution >= 4 is 59.5 Å². The zero-order valence-electron chi connectivity index (χ0n) is 17.9. The highest BCUT2D eigenvalue weighted by Crippen LogP contribution is 2.25. The van der Waals surface area contributed by atoms with Gasteiger partial charge in [0.25, 0.3) is 16.0 Å². The van der Waals surface area contributed by atoms with Crippen LogP contribution in [0.25, 0.3) is 0 Å². The fourth-order valence-electron chi connectivity index (χ4n) is 3.24. The summed E-state index contributed by atoms with van der Waals surface area (Å²) in [6.07, 6.45) is 0.411. The fraction of sp³-hybridized carbons (Fsp3) is 0.167. The second-order valence-electron chi connectivity index (χ2n) is 7.54. The molecule has 2 amide bonds. The van der Waals surface area contributed by atoms with Crippen molar-refractivity contribution in [3.63, 3.8) is 0 Å². The Morgan fingerprint density at radius 1 is 0.853 bits per heavy atom. The molecule has 0 aliphatic heterocycles. The summed E-state index contributed by atoms with van der Waals surface area (Å²) < 4.78 is 32.2. The van der Waals surface area contributed by atoms with Crippen molar-refractivity contribution in [1.29, 1.82) is 0 Å². The molecule has 0 radical (unpaired) electrons. The number of halogens is 2. The summed E-state index contributed by atoms with van der Waals surface area (Å²) in [7, 11) is -4.14. The summed E-state index contributed by atoms with van der Waals surface area (Å²) in [5.41, 5.74) is 2.74. The first-order chi connectivity index (χ1) is 16.1. The highest BCUT2D eigenvalue weighted by atomic mass is 79.9. The van der Waals surface area contributed by atoms with Gasteiger partial charge < -0.3 is 10.6 Å². The molecule has 178 valence electrons.